The number of carbonyl (C=O) groups excluding carboxylic acids is 1. The number of carbonyl (C=O) groups is 1. The highest BCUT2D eigenvalue weighted by molar-refractivity contribution is 5.86. The molecule has 0 aliphatic heterocycles. The highest BCUT2D eigenvalue weighted by Crippen LogP contribution is 2.16. The zero-order valence-corrected chi connectivity index (χ0v) is 15.5. The van der Waals surface area contributed by atoms with E-state index in [4.69, 9.17) is 4.74 Å². The second-order valence-corrected chi connectivity index (χ2v) is 6.89. The molecule has 1 N–H and O–H groups in total. The van der Waals surface area contributed by atoms with Crippen LogP contribution >= 0.6 is 0 Å². The molecule has 1 aromatic carbocycles. The van der Waals surface area contributed by atoms with Gasteiger partial charge in [-0.2, -0.15) is 0 Å². The molecule has 1 heterocycles. The first kappa shape index (κ1) is 19.1. The number of benzene rings is 1. The van der Waals surface area contributed by atoms with E-state index in [1.807, 2.05) is 56.3 Å². The number of hydrogen-bond donors (Lipinski definition) is 1. The molecule has 0 saturated carbocycles. The number of nitrogens with zero attached hydrogens (tertiary/aromatic N) is 1. The molecular weight excluding hydrogens is 312 g/mol. The van der Waals surface area contributed by atoms with Crippen LogP contribution in [0.3, 0.4) is 0 Å². The molecule has 0 radical (unpaired) electrons. The van der Waals surface area contributed by atoms with Crippen molar-refractivity contribution < 1.29 is 9.53 Å². The number of nitrogens with one attached hydrogen (secondary N) is 1. The fourth-order valence-electron chi connectivity index (χ4n) is 2.64. The standard InChI is InChI=1S/C21H28N2O2/c1-15(2)21(24)20(23-16(3)4)13-17-8-10-19(11-9-17)25-14-18-7-5-6-12-22-18/h5-12,15-16,20,23H,13-14H2,1-4H3/t20-/m0/s1. The lowest BCUT2D eigenvalue weighted by Crippen LogP contribution is -2.44. The van der Waals surface area contributed by atoms with E-state index in [1.54, 1.807) is 6.20 Å². The Kier molecular flexibility index (Phi) is 7.14. The van der Waals surface area contributed by atoms with Gasteiger partial charge in [0, 0.05) is 18.2 Å². The van der Waals surface area contributed by atoms with Crippen LogP contribution in [0.25, 0.3) is 0 Å². The fourth-order valence-corrected chi connectivity index (χ4v) is 2.64. The minimum atomic E-state index is -0.153. The van der Waals surface area contributed by atoms with Gasteiger partial charge in [0.25, 0.3) is 0 Å². The van der Waals surface area contributed by atoms with Gasteiger partial charge in [-0.15, -0.1) is 0 Å². The Bertz CT molecular complexity index is 651. The molecule has 0 bridgehead atoms. The van der Waals surface area contributed by atoms with Crippen LogP contribution in [0.15, 0.2) is 48.7 Å². The van der Waals surface area contributed by atoms with Gasteiger partial charge in [0.1, 0.15) is 12.4 Å². The topological polar surface area (TPSA) is 51.2 Å². The highest BCUT2D eigenvalue weighted by atomic mass is 16.5. The van der Waals surface area contributed by atoms with Crippen LogP contribution in [-0.2, 0) is 17.8 Å². The lowest BCUT2D eigenvalue weighted by Gasteiger charge is -2.22. The van der Waals surface area contributed by atoms with Crippen molar-refractivity contribution >= 4 is 5.78 Å². The maximum absolute atomic E-state index is 12.4. The summed E-state index contributed by atoms with van der Waals surface area (Å²) in [4.78, 5) is 16.7. The Morgan fingerprint density at radius 3 is 2.36 bits per heavy atom. The lowest BCUT2D eigenvalue weighted by molar-refractivity contribution is -0.124. The third-order valence-electron chi connectivity index (χ3n) is 3.92. The number of ketones is 1. The molecule has 0 aliphatic rings. The smallest absolute Gasteiger partial charge is 0.152 e. The number of hydrogen-bond acceptors (Lipinski definition) is 4. The Morgan fingerprint density at radius 1 is 1.08 bits per heavy atom. The molecular formula is C21H28N2O2. The molecule has 0 unspecified atom stereocenters. The summed E-state index contributed by atoms with van der Waals surface area (Å²) in [5.41, 5.74) is 2.02. The van der Waals surface area contributed by atoms with Crippen LogP contribution < -0.4 is 10.1 Å². The van der Waals surface area contributed by atoms with Crippen molar-refractivity contribution in [1.82, 2.24) is 10.3 Å². The maximum Gasteiger partial charge on any atom is 0.152 e. The quantitative estimate of drug-likeness (QED) is 0.754. The molecule has 0 fully saturated rings. The molecule has 134 valence electrons. The van der Waals surface area contributed by atoms with Crippen LogP contribution in [0.5, 0.6) is 5.75 Å². The Balaban J connectivity index is 1.96. The maximum atomic E-state index is 12.4. The summed E-state index contributed by atoms with van der Waals surface area (Å²) >= 11 is 0. The number of ether oxygens (including phenoxy) is 1. The van der Waals surface area contributed by atoms with Gasteiger partial charge in [0.15, 0.2) is 5.78 Å². The van der Waals surface area contributed by atoms with E-state index < -0.39 is 0 Å². The van der Waals surface area contributed by atoms with Crippen molar-refractivity contribution in [2.45, 2.75) is 52.8 Å². The van der Waals surface area contributed by atoms with E-state index in [-0.39, 0.29) is 23.8 Å². The summed E-state index contributed by atoms with van der Waals surface area (Å²) in [6, 6.07) is 13.8. The van der Waals surface area contributed by atoms with Crippen molar-refractivity contribution in [1.29, 1.82) is 0 Å². The first-order valence-electron chi connectivity index (χ1n) is 8.87. The molecule has 4 heteroatoms. The molecule has 0 saturated heterocycles. The van der Waals surface area contributed by atoms with Crippen molar-refractivity contribution in [3.05, 3.63) is 59.9 Å². The Labute approximate surface area is 150 Å². The Morgan fingerprint density at radius 2 is 1.80 bits per heavy atom. The van der Waals surface area contributed by atoms with Gasteiger partial charge in [-0.3, -0.25) is 9.78 Å². The van der Waals surface area contributed by atoms with E-state index in [9.17, 15) is 4.79 Å². The van der Waals surface area contributed by atoms with Gasteiger partial charge in [-0.1, -0.05) is 45.9 Å². The molecule has 1 aromatic heterocycles. The summed E-state index contributed by atoms with van der Waals surface area (Å²) in [6.07, 6.45) is 2.45. The fraction of sp³-hybridized carbons (Fsp3) is 0.429. The largest absolute Gasteiger partial charge is 0.487 e. The minimum Gasteiger partial charge on any atom is -0.487 e. The summed E-state index contributed by atoms with van der Waals surface area (Å²) in [5, 5.41) is 3.38. The third kappa shape index (κ3) is 6.31. The lowest BCUT2D eigenvalue weighted by atomic mass is 9.95. The normalized spacial score (nSPS) is 12.4. The molecule has 2 aromatic rings. The third-order valence-corrected chi connectivity index (χ3v) is 3.92. The molecule has 2 rings (SSSR count). The second-order valence-electron chi connectivity index (χ2n) is 6.89. The number of aromatic nitrogens is 1. The molecule has 0 amide bonds. The van der Waals surface area contributed by atoms with Gasteiger partial charge in [-0.25, -0.2) is 0 Å². The predicted molar refractivity (Wildman–Crippen MR) is 101 cm³/mol. The monoisotopic (exact) mass is 340 g/mol. The number of rotatable bonds is 9. The van der Waals surface area contributed by atoms with Gasteiger partial charge in [0.2, 0.25) is 0 Å². The predicted octanol–water partition coefficient (Wildman–Crippen LogP) is 3.79. The molecule has 1 atom stereocenters. The van der Waals surface area contributed by atoms with Crippen LogP contribution in [0.4, 0.5) is 0 Å². The SMILES string of the molecule is CC(C)N[C@@H](Cc1ccc(OCc2ccccn2)cc1)C(=O)C(C)C. The van der Waals surface area contributed by atoms with E-state index >= 15 is 0 Å². The number of pyridine rings is 1. The number of Topliss-reactive ketones (excluding diaryl/α,β-unsaturated/α-hetero) is 1. The zero-order valence-electron chi connectivity index (χ0n) is 15.5. The van der Waals surface area contributed by atoms with Gasteiger partial charge < -0.3 is 10.1 Å². The summed E-state index contributed by atoms with van der Waals surface area (Å²) in [5.74, 6) is 1.08. The molecule has 0 aliphatic carbocycles. The van der Waals surface area contributed by atoms with Gasteiger partial charge >= 0.3 is 0 Å². The molecule has 0 spiro atoms. The van der Waals surface area contributed by atoms with Crippen LogP contribution in [0, 0.1) is 5.92 Å². The van der Waals surface area contributed by atoms with Crippen LogP contribution in [0.2, 0.25) is 0 Å². The van der Waals surface area contributed by atoms with Crippen molar-refractivity contribution in [2.75, 3.05) is 0 Å². The summed E-state index contributed by atoms with van der Waals surface area (Å²) in [6.45, 7) is 8.48. The average molecular weight is 340 g/mol. The van der Waals surface area contributed by atoms with E-state index in [1.165, 1.54) is 0 Å². The molecule has 4 nitrogen and oxygen atoms in total. The first-order chi connectivity index (χ1) is 12.0. The van der Waals surface area contributed by atoms with E-state index in [0.29, 0.717) is 13.0 Å². The Hall–Kier alpha value is -2.20. The zero-order chi connectivity index (χ0) is 18.2. The first-order valence-corrected chi connectivity index (χ1v) is 8.87. The van der Waals surface area contributed by atoms with Crippen molar-refractivity contribution in [3.63, 3.8) is 0 Å². The minimum absolute atomic E-state index is 0.0252. The van der Waals surface area contributed by atoms with Gasteiger partial charge in [0.05, 0.1) is 11.7 Å². The van der Waals surface area contributed by atoms with Gasteiger partial charge in [-0.05, 0) is 36.2 Å². The van der Waals surface area contributed by atoms with Crippen molar-refractivity contribution in [2.24, 2.45) is 5.92 Å². The van der Waals surface area contributed by atoms with Crippen LogP contribution in [0.1, 0.15) is 39.0 Å². The van der Waals surface area contributed by atoms with Crippen molar-refractivity contribution in [3.8, 4) is 5.75 Å². The van der Waals surface area contributed by atoms with Crippen LogP contribution in [-0.4, -0.2) is 22.9 Å². The van der Waals surface area contributed by atoms with E-state index in [2.05, 4.69) is 24.1 Å². The summed E-state index contributed by atoms with van der Waals surface area (Å²) in [7, 11) is 0. The summed E-state index contributed by atoms with van der Waals surface area (Å²) < 4.78 is 5.76. The highest BCUT2D eigenvalue weighted by Gasteiger charge is 2.22. The van der Waals surface area contributed by atoms with E-state index in [0.717, 1.165) is 17.0 Å². The second kappa shape index (κ2) is 9.33. The average Bonchev–Trinajstić information content (AvgIpc) is 2.60. The molecule has 25 heavy (non-hydrogen) atoms.